The first-order valence-corrected chi connectivity index (χ1v) is 7.93. The van der Waals surface area contributed by atoms with Crippen LogP contribution >= 0.6 is 12.6 Å². The highest BCUT2D eigenvalue weighted by atomic mass is 32.1. The van der Waals surface area contributed by atoms with Crippen molar-refractivity contribution in [1.82, 2.24) is 15.2 Å². The van der Waals surface area contributed by atoms with Crippen LogP contribution in [0.25, 0.3) is 22.4 Å². The normalized spacial score (nSPS) is 12.4. The first-order chi connectivity index (χ1) is 11.7. The van der Waals surface area contributed by atoms with E-state index in [0.717, 1.165) is 22.0 Å². The average molecular weight is 335 g/mol. The fraction of sp³-hybridized carbons (Fsp3) is 0.0556. The summed E-state index contributed by atoms with van der Waals surface area (Å²) in [4.78, 5) is 14.7. The second-order valence-corrected chi connectivity index (χ2v) is 5.86. The Morgan fingerprint density at radius 2 is 1.75 bits per heavy atom. The van der Waals surface area contributed by atoms with E-state index in [1.165, 1.54) is 6.07 Å². The van der Waals surface area contributed by atoms with Crippen molar-refractivity contribution in [2.75, 3.05) is 0 Å². The number of rotatable bonds is 3. The molecule has 2 heterocycles. The molecule has 0 aliphatic rings. The lowest BCUT2D eigenvalue weighted by atomic mass is 10.1. The van der Waals surface area contributed by atoms with Crippen LogP contribution in [0.2, 0.25) is 0 Å². The van der Waals surface area contributed by atoms with Crippen LogP contribution in [-0.2, 0) is 0 Å². The summed E-state index contributed by atoms with van der Waals surface area (Å²) in [5.74, 6) is 0.784. The van der Waals surface area contributed by atoms with Gasteiger partial charge in [0.05, 0.1) is 0 Å². The predicted molar refractivity (Wildman–Crippen MR) is 95.1 cm³/mol. The van der Waals surface area contributed by atoms with Crippen molar-refractivity contribution in [2.45, 2.75) is 5.25 Å². The number of benzene rings is 2. The van der Waals surface area contributed by atoms with Crippen LogP contribution in [0.4, 0.5) is 0 Å². The fourth-order valence-electron chi connectivity index (χ4n) is 2.63. The van der Waals surface area contributed by atoms with Crippen LogP contribution in [0.5, 0.6) is 0 Å². The molecule has 1 unspecified atom stereocenters. The van der Waals surface area contributed by atoms with Crippen LogP contribution in [0, 0.1) is 0 Å². The molecule has 0 aliphatic carbocycles. The fourth-order valence-corrected chi connectivity index (χ4v) is 2.95. The number of aromatic amines is 1. The van der Waals surface area contributed by atoms with E-state index in [-0.39, 0.29) is 5.56 Å². The number of hydrogen-bond donors (Lipinski definition) is 2. The summed E-state index contributed by atoms with van der Waals surface area (Å²) in [5, 5.41) is 8.60. The van der Waals surface area contributed by atoms with Gasteiger partial charge in [-0.1, -0.05) is 36.4 Å². The summed E-state index contributed by atoms with van der Waals surface area (Å²) >= 11 is 4.61. The third kappa shape index (κ3) is 2.61. The van der Waals surface area contributed by atoms with Crippen molar-refractivity contribution in [3.8, 4) is 11.5 Å². The molecule has 2 aromatic carbocycles. The summed E-state index contributed by atoms with van der Waals surface area (Å²) in [6.45, 7) is 0. The number of nitrogens with one attached hydrogen (secondary N) is 1. The minimum atomic E-state index is -0.484. The number of thiol groups is 1. The summed E-state index contributed by atoms with van der Waals surface area (Å²) in [7, 11) is 0. The molecule has 0 saturated heterocycles. The largest absolute Gasteiger partial charge is 0.419 e. The van der Waals surface area contributed by atoms with E-state index >= 15 is 0 Å². The number of H-pyrrole nitrogens is 1. The van der Waals surface area contributed by atoms with Crippen molar-refractivity contribution >= 4 is 23.5 Å². The predicted octanol–water partition coefficient (Wildman–Crippen LogP) is 3.60. The Labute approximate surface area is 142 Å². The van der Waals surface area contributed by atoms with E-state index in [0.29, 0.717) is 11.8 Å². The molecular formula is C18H13N3O2S. The number of hydrogen-bond acceptors (Lipinski definition) is 5. The second kappa shape index (κ2) is 5.98. The molecule has 0 saturated carbocycles. The van der Waals surface area contributed by atoms with Crippen LogP contribution in [0.1, 0.15) is 16.7 Å². The number of nitrogens with zero attached hydrogens (tertiary/aromatic N) is 2. The van der Waals surface area contributed by atoms with E-state index < -0.39 is 5.25 Å². The Morgan fingerprint density at radius 1 is 1.00 bits per heavy atom. The minimum absolute atomic E-state index is 0.189. The van der Waals surface area contributed by atoms with Crippen LogP contribution in [0.3, 0.4) is 0 Å². The summed E-state index contributed by atoms with van der Waals surface area (Å²) < 4.78 is 5.76. The van der Waals surface area contributed by atoms with Gasteiger partial charge in [0.1, 0.15) is 5.25 Å². The molecule has 4 aromatic rings. The first-order valence-electron chi connectivity index (χ1n) is 7.41. The molecule has 118 valence electrons. The van der Waals surface area contributed by atoms with Gasteiger partial charge in [-0.2, -0.15) is 12.6 Å². The molecule has 0 fully saturated rings. The Morgan fingerprint density at radius 3 is 2.58 bits per heavy atom. The van der Waals surface area contributed by atoms with Gasteiger partial charge in [0.15, 0.2) is 0 Å². The Bertz CT molecular complexity index is 1060. The summed E-state index contributed by atoms with van der Waals surface area (Å²) in [6.07, 6.45) is 0. The van der Waals surface area contributed by atoms with Gasteiger partial charge in [0.25, 0.3) is 0 Å². The van der Waals surface area contributed by atoms with Crippen molar-refractivity contribution in [3.63, 3.8) is 0 Å². The number of fused-ring (bicyclic) bond motifs is 1. The van der Waals surface area contributed by atoms with Crippen molar-refractivity contribution in [3.05, 3.63) is 82.5 Å². The highest BCUT2D eigenvalue weighted by Crippen LogP contribution is 2.32. The minimum Gasteiger partial charge on any atom is -0.419 e. The zero-order valence-corrected chi connectivity index (χ0v) is 13.4. The van der Waals surface area contributed by atoms with E-state index in [1.807, 2.05) is 54.6 Å². The molecule has 6 heteroatoms. The van der Waals surface area contributed by atoms with Crippen molar-refractivity contribution in [2.24, 2.45) is 0 Å². The number of para-hydroxylation sites is 1. The Hall–Kier alpha value is -2.86. The molecule has 4 rings (SSSR count). The van der Waals surface area contributed by atoms with Crippen molar-refractivity contribution in [1.29, 1.82) is 0 Å². The van der Waals surface area contributed by atoms with Gasteiger partial charge in [-0.15, -0.1) is 10.2 Å². The molecule has 1 atom stereocenters. The maximum atomic E-state index is 11.9. The van der Waals surface area contributed by atoms with Gasteiger partial charge in [-0.25, -0.2) is 0 Å². The molecule has 1 N–H and O–H groups in total. The monoisotopic (exact) mass is 335 g/mol. The van der Waals surface area contributed by atoms with Gasteiger partial charge >= 0.3 is 0 Å². The standard InChI is InChI=1S/C18H13N3O2S/c22-15-10-13(12-8-4-5-9-14(12)19-15)16(24)18-21-20-17(23-18)11-6-2-1-3-7-11/h1-10,16,24H,(H,19,22). The molecule has 5 nitrogen and oxygen atoms in total. The number of aromatic nitrogens is 3. The Balaban J connectivity index is 1.79. The van der Waals surface area contributed by atoms with E-state index in [1.54, 1.807) is 0 Å². The SMILES string of the molecule is O=c1cc(C(S)c2nnc(-c3ccccc3)o2)c2ccccc2[nH]1. The maximum Gasteiger partial charge on any atom is 0.248 e. The van der Waals surface area contributed by atoms with Crippen LogP contribution < -0.4 is 5.56 Å². The van der Waals surface area contributed by atoms with E-state index in [4.69, 9.17) is 4.42 Å². The summed E-state index contributed by atoms with van der Waals surface area (Å²) in [5.41, 5.74) is 2.14. The smallest absolute Gasteiger partial charge is 0.248 e. The van der Waals surface area contributed by atoms with Crippen LogP contribution in [-0.4, -0.2) is 15.2 Å². The van der Waals surface area contributed by atoms with Gasteiger partial charge in [-0.05, 0) is 23.8 Å². The van der Waals surface area contributed by atoms with E-state index in [2.05, 4.69) is 27.8 Å². The van der Waals surface area contributed by atoms with Gasteiger partial charge in [-0.3, -0.25) is 4.79 Å². The van der Waals surface area contributed by atoms with Gasteiger partial charge < -0.3 is 9.40 Å². The average Bonchev–Trinajstić information content (AvgIpc) is 3.11. The molecule has 2 aromatic heterocycles. The van der Waals surface area contributed by atoms with Crippen LogP contribution in [0.15, 0.2) is 69.9 Å². The van der Waals surface area contributed by atoms with E-state index in [9.17, 15) is 4.79 Å². The lowest BCUT2D eigenvalue weighted by Crippen LogP contribution is -2.08. The summed E-state index contributed by atoms with van der Waals surface area (Å²) in [6, 6.07) is 18.6. The maximum absolute atomic E-state index is 11.9. The highest BCUT2D eigenvalue weighted by molar-refractivity contribution is 7.80. The zero-order chi connectivity index (χ0) is 16.5. The third-order valence-corrected chi connectivity index (χ3v) is 4.27. The third-order valence-electron chi connectivity index (χ3n) is 3.77. The van der Waals surface area contributed by atoms with Gasteiger partial charge in [0, 0.05) is 22.5 Å². The molecular weight excluding hydrogens is 322 g/mol. The molecule has 24 heavy (non-hydrogen) atoms. The molecule has 0 aliphatic heterocycles. The first kappa shape index (κ1) is 14.7. The quantitative estimate of drug-likeness (QED) is 0.561. The molecule has 0 amide bonds. The zero-order valence-electron chi connectivity index (χ0n) is 12.5. The topological polar surface area (TPSA) is 71.8 Å². The lowest BCUT2D eigenvalue weighted by Gasteiger charge is -2.09. The molecule has 0 spiro atoms. The van der Waals surface area contributed by atoms with Gasteiger partial charge in [0.2, 0.25) is 17.3 Å². The Kier molecular flexibility index (Phi) is 3.66. The molecule has 0 bridgehead atoms. The number of pyridine rings is 1. The second-order valence-electron chi connectivity index (χ2n) is 5.35. The lowest BCUT2D eigenvalue weighted by molar-refractivity contribution is 0.516. The highest BCUT2D eigenvalue weighted by Gasteiger charge is 2.20. The van der Waals surface area contributed by atoms with Crippen molar-refractivity contribution < 1.29 is 4.42 Å². The molecule has 0 radical (unpaired) electrons.